The first-order valence-corrected chi connectivity index (χ1v) is 10.6. The number of rotatable bonds is 0. The molecule has 3 aliphatic rings. The van der Waals surface area contributed by atoms with E-state index in [1.54, 1.807) is 11.8 Å². The van der Waals surface area contributed by atoms with E-state index < -0.39 is 0 Å². The van der Waals surface area contributed by atoms with Crippen LogP contribution in [0.1, 0.15) is 33.6 Å². The molecule has 0 aromatic heterocycles. The monoisotopic (exact) mass is 378 g/mol. The van der Waals surface area contributed by atoms with Crippen molar-refractivity contribution in [1.29, 1.82) is 0 Å². The molecule has 2 fully saturated rings. The van der Waals surface area contributed by atoms with Gasteiger partial charge in [-0.05, 0) is 53.9 Å². The number of likely N-dealkylation sites (tertiary alicyclic amines) is 1. The molecule has 0 spiro atoms. The summed E-state index contributed by atoms with van der Waals surface area (Å²) in [4.78, 5) is 20.2. The quantitative estimate of drug-likeness (QED) is 0.547. The van der Waals surface area contributed by atoms with Crippen LogP contribution < -0.4 is 4.90 Å². The zero-order valence-electron chi connectivity index (χ0n) is 16.2. The molecule has 2 aliphatic heterocycles. The maximum atomic E-state index is 13.8. The molecule has 0 radical (unpaired) electrons. The van der Waals surface area contributed by atoms with Crippen LogP contribution in [-0.2, 0) is 0 Å². The Morgan fingerprint density at radius 3 is 2.19 bits per heavy atom. The van der Waals surface area contributed by atoms with Gasteiger partial charge in [0.25, 0.3) is 0 Å². The molecular formula is C23H26N2OS. The number of nitrogens with zero attached hydrogens (tertiary/aromatic N) is 2. The van der Waals surface area contributed by atoms with Crippen LogP contribution >= 0.6 is 11.8 Å². The van der Waals surface area contributed by atoms with Crippen LogP contribution in [0.3, 0.4) is 0 Å². The molecule has 2 bridgehead atoms. The first kappa shape index (κ1) is 17.2. The highest BCUT2D eigenvalue weighted by atomic mass is 32.2. The van der Waals surface area contributed by atoms with Crippen molar-refractivity contribution in [3.8, 4) is 0 Å². The van der Waals surface area contributed by atoms with Crippen molar-refractivity contribution in [2.75, 3.05) is 18.0 Å². The van der Waals surface area contributed by atoms with Crippen LogP contribution in [0.4, 0.5) is 16.2 Å². The minimum Gasteiger partial charge on any atom is -0.323 e. The highest BCUT2D eigenvalue weighted by Crippen LogP contribution is 2.56. The van der Waals surface area contributed by atoms with Crippen LogP contribution in [-0.4, -0.2) is 24.0 Å². The number of hydrogen-bond donors (Lipinski definition) is 0. The summed E-state index contributed by atoms with van der Waals surface area (Å²) >= 11 is 1.75. The first-order chi connectivity index (χ1) is 12.9. The molecule has 2 heterocycles. The molecule has 2 unspecified atom stereocenters. The van der Waals surface area contributed by atoms with E-state index in [9.17, 15) is 4.79 Å². The Balaban J connectivity index is 1.55. The molecule has 4 heteroatoms. The fourth-order valence-electron chi connectivity index (χ4n) is 5.61. The molecular weight excluding hydrogens is 352 g/mol. The molecule has 0 N–H and O–H groups in total. The van der Waals surface area contributed by atoms with Crippen molar-refractivity contribution in [2.24, 2.45) is 16.7 Å². The molecule has 140 valence electrons. The highest BCUT2D eigenvalue weighted by molar-refractivity contribution is 7.99. The van der Waals surface area contributed by atoms with Crippen molar-refractivity contribution < 1.29 is 4.79 Å². The molecule has 3 nitrogen and oxygen atoms in total. The molecule has 27 heavy (non-hydrogen) atoms. The normalized spacial score (nSPS) is 27.9. The average molecular weight is 379 g/mol. The summed E-state index contributed by atoms with van der Waals surface area (Å²) in [5.74, 6) is 0.588. The summed E-state index contributed by atoms with van der Waals surface area (Å²) in [6.45, 7) is 8.84. The SMILES string of the molecule is CC12CC(CN(C(=O)N3c4ccccc4Sc4ccccc43)C1)C(C)(C)C2. The van der Waals surface area contributed by atoms with Crippen molar-refractivity contribution >= 4 is 29.2 Å². The fourth-order valence-corrected chi connectivity index (χ4v) is 6.67. The van der Waals surface area contributed by atoms with Gasteiger partial charge < -0.3 is 4.90 Å². The Labute approximate surface area is 165 Å². The van der Waals surface area contributed by atoms with Gasteiger partial charge in [0.1, 0.15) is 0 Å². The van der Waals surface area contributed by atoms with E-state index in [2.05, 4.69) is 49.9 Å². The topological polar surface area (TPSA) is 23.6 Å². The Kier molecular flexibility index (Phi) is 3.68. The van der Waals surface area contributed by atoms with Crippen molar-refractivity contribution in [1.82, 2.24) is 4.90 Å². The Morgan fingerprint density at radius 1 is 1.00 bits per heavy atom. The summed E-state index contributed by atoms with van der Waals surface area (Å²) < 4.78 is 0. The summed E-state index contributed by atoms with van der Waals surface area (Å²) in [6, 6.07) is 16.6. The number of piperidine rings is 1. The van der Waals surface area contributed by atoms with Gasteiger partial charge in [-0.3, -0.25) is 4.90 Å². The minimum absolute atomic E-state index is 0.129. The minimum atomic E-state index is 0.129. The van der Waals surface area contributed by atoms with Gasteiger partial charge in [-0.25, -0.2) is 4.79 Å². The number of amides is 2. The number of carbonyl (C=O) groups is 1. The van der Waals surface area contributed by atoms with Crippen LogP contribution in [0.25, 0.3) is 0 Å². The van der Waals surface area contributed by atoms with Gasteiger partial charge in [0.05, 0.1) is 11.4 Å². The summed E-state index contributed by atoms with van der Waals surface area (Å²) in [7, 11) is 0. The summed E-state index contributed by atoms with van der Waals surface area (Å²) in [6.07, 6.45) is 2.45. The maximum absolute atomic E-state index is 13.8. The Hall–Kier alpha value is -1.94. The van der Waals surface area contributed by atoms with Gasteiger partial charge in [-0.1, -0.05) is 56.8 Å². The van der Waals surface area contributed by atoms with E-state index in [0.29, 0.717) is 11.3 Å². The summed E-state index contributed by atoms with van der Waals surface area (Å²) in [5.41, 5.74) is 2.57. The number of urea groups is 1. The third-order valence-electron chi connectivity index (χ3n) is 6.63. The second-order valence-electron chi connectivity index (χ2n) is 9.41. The predicted octanol–water partition coefficient (Wildman–Crippen LogP) is 6.17. The lowest BCUT2D eigenvalue weighted by atomic mass is 9.82. The van der Waals surface area contributed by atoms with Crippen LogP contribution in [0.15, 0.2) is 58.3 Å². The largest absolute Gasteiger partial charge is 0.329 e. The maximum Gasteiger partial charge on any atom is 0.329 e. The van der Waals surface area contributed by atoms with Gasteiger partial charge in [0, 0.05) is 22.9 Å². The van der Waals surface area contributed by atoms with Crippen molar-refractivity contribution in [3.05, 3.63) is 48.5 Å². The van der Waals surface area contributed by atoms with Gasteiger partial charge >= 0.3 is 6.03 Å². The van der Waals surface area contributed by atoms with E-state index >= 15 is 0 Å². The molecule has 2 atom stereocenters. The number of carbonyl (C=O) groups excluding carboxylic acids is 1. The molecule has 1 saturated carbocycles. The van der Waals surface area contributed by atoms with Gasteiger partial charge in [0.2, 0.25) is 0 Å². The zero-order valence-corrected chi connectivity index (χ0v) is 17.1. The Bertz CT molecular complexity index is 879. The lowest BCUT2D eigenvalue weighted by Gasteiger charge is -2.42. The van der Waals surface area contributed by atoms with E-state index in [0.717, 1.165) is 34.3 Å². The van der Waals surface area contributed by atoms with E-state index in [4.69, 9.17) is 0 Å². The number of fused-ring (bicyclic) bond motifs is 4. The van der Waals surface area contributed by atoms with Crippen LogP contribution in [0.5, 0.6) is 0 Å². The lowest BCUT2D eigenvalue weighted by Crippen LogP contribution is -2.50. The van der Waals surface area contributed by atoms with Gasteiger partial charge in [-0.15, -0.1) is 0 Å². The molecule has 2 amide bonds. The lowest BCUT2D eigenvalue weighted by molar-refractivity contribution is 0.122. The third kappa shape index (κ3) is 2.68. The van der Waals surface area contributed by atoms with Crippen molar-refractivity contribution in [2.45, 2.75) is 43.4 Å². The number of hydrogen-bond acceptors (Lipinski definition) is 2. The third-order valence-corrected chi connectivity index (χ3v) is 7.76. The fraction of sp³-hybridized carbons (Fsp3) is 0.435. The molecule has 1 saturated heterocycles. The van der Waals surface area contributed by atoms with Crippen molar-refractivity contribution in [3.63, 3.8) is 0 Å². The summed E-state index contributed by atoms with van der Waals surface area (Å²) in [5, 5.41) is 0. The second-order valence-corrected chi connectivity index (χ2v) is 10.5. The van der Waals surface area contributed by atoms with Gasteiger partial charge in [0.15, 0.2) is 0 Å². The number of benzene rings is 2. The van der Waals surface area contributed by atoms with Gasteiger partial charge in [-0.2, -0.15) is 0 Å². The smallest absolute Gasteiger partial charge is 0.323 e. The Morgan fingerprint density at radius 2 is 1.59 bits per heavy atom. The standard InChI is InChI=1S/C23H26N2OS/c1-22(2)14-23(3)12-16(22)13-24(15-23)21(26)25-17-8-4-6-10-19(17)27-20-11-7-5-9-18(20)25/h4-11,16H,12-15H2,1-3H3. The molecule has 2 aromatic rings. The average Bonchev–Trinajstić information content (AvgIpc) is 2.81. The van der Waals surface area contributed by atoms with Crippen LogP contribution in [0, 0.1) is 16.7 Å². The van der Waals surface area contributed by atoms with E-state index in [1.807, 2.05) is 29.2 Å². The zero-order chi connectivity index (χ0) is 18.8. The van der Waals surface area contributed by atoms with E-state index in [1.165, 1.54) is 12.8 Å². The second kappa shape index (κ2) is 5.78. The molecule has 2 aromatic carbocycles. The molecule has 1 aliphatic carbocycles. The van der Waals surface area contributed by atoms with Crippen LogP contribution in [0.2, 0.25) is 0 Å². The number of para-hydroxylation sites is 2. The van der Waals surface area contributed by atoms with E-state index in [-0.39, 0.29) is 11.4 Å². The highest BCUT2D eigenvalue weighted by Gasteiger charge is 2.53. The molecule has 5 rings (SSSR count). The predicted molar refractivity (Wildman–Crippen MR) is 111 cm³/mol. The number of anilines is 2. The first-order valence-electron chi connectivity index (χ1n) is 9.81.